The monoisotopic (exact) mass is 186 g/mol. The standard InChI is InChI=1S/C10H18O3/c1-2-3-4-6-9(11)7-5-8-10(12)13/h5,8-9,11H,2-4,6-7H2,1H3,(H,12,13). The van der Waals surface area contributed by atoms with Crippen molar-refractivity contribution < 1.29 is 15.0 Å². The van der Waals surface area contributed by atoms with Crippen molar-refractivity contribution in [2.45, 2.75) is 45.1 Å². The van der Waals surface area contributed by atoms with E-state index in [-0.39, 0.29) is 6.10 Å². The Morgan fingerprint density at radius 3 is 2.69 bits per heavy atom. The van der Waals surface area contributed by atoms with Gasteiger partial charge in [-0.25, -0.2) is 4.79 Å². The summed E-state index contributed by atoms with van der Waals surface area (Å²) >= 11 is 0. The number of aliphatic carboxylic acids is 1. The summed E-state index contributed by atoms with van der Waals surface area (Å²) in [6.07, 6.45) is 6.66. The number of carboxylic acid groups (broad SMARTS) is 1. The number of carbonyl (C=O) groups is 1. The fraction of sp³-hybridized carbons (Fsp3) is 0.700. The van der Waals surface area contributed by atoms with Crippen molar-refractivity contribution in [2.24, 2.45) is 0 Å². The van der Waals surface area contributed by atoms with E-state index in [4.69, 9.17) is 5.11 Å². The van der Waals surface area contributed by atoms with Gasteiger partial charge in [0.25, 0.3) is 0 Å². The largest absolute Gasteiger partial charge is 0.478 e. The van der Waals surface area contributed by atoms with E-state index in [1.807, 2.05) is 0 Å². The highest BCUT2D eigenvalue weighted by molar-refractivity contribution is 5.79. The molecule has 76 valence electrons. The zero-order valence-electron chi connectivity index (χ0n) is 8.07. The van der Waals surface area contributed by atoms with Gasteiger partial charge >= 0.3 is 5.97 Å². The van der Waals surface area contributed by atoms with Crippen LogP contribution in [0.3, 0.4) is 0 Å². The van der Waals surface area contributed by atoms with Gasteiger partial charge in [-0.1, -0.05) is 32.3 Å². The highest BCUT2D eigenvalue weighted by Crippen LogP contribution is 2.06. The van der Waals surface area contributed by atoms with Crippen LogP contribution in [0.2, 0.25) is 0 Å². The van der Waals surface area contributed by atoms with Crippen LogP contribution in [0.1, 0.15) is 39.0 Å². The van der Waals surface area contributed by atoms with Gasteiger partial charge < -0.3 is 10.2 Å². The van der Waals surface area contributed by atoms with Crippen molar-refractivity contribution in [1.82, 2.24) is 0 Å². The third-order valence-electron chi connectivity index (χ3n) is 1.81. The Labute approximate surface area is 79.1 Å². The van der Waals surface area contributed by atoms with Crippen LogP contribution in [0.15, 0.2) is 12.2 Å². The molecule has 0 fully saturated rings. The summed E-state index contributed by atoms with van der Waals surface area (Å²) in [4.78, 5) is 10.1. The molecule has 0 aliphatic carbocycles. The van der Waals surface area contributed by atoms with Crippen molar-refractivity contribution in [1.29, 1.82) is 0 Å². The summed E-state index contributed by atoms with van der Waals surface area (Å²) in [5.41, 5.74) is 0. The quantitative estimate of drug-likeness (QED) is 0.472. The zero-order valence-corrected chi connectivity index (χ0v) is 8.07. The third kappa shape index (κ3) is 9.08. The van der Waals surface area contributed by atoms with Gasteiger partial charge in [0.15, 0.2) is 0 Å². The van der Waals surface area contributed by atoms with Gasteiger partial charge in [0.05, 0.1) is 6.10 Å². The molecular weight excluding hydrogens is 168 g/mol. The molecule has 2 N–H and O–H groups in total. The van der Waals surface area contributed by atoms with Crippen molar-refractivity contribution in [3.05, 3.63) is 12.2 Å². The lowest BCUT2D eigenvalue weighted by Crippen LogP contribution is -2.04. The molecule has 0 aliphatic rings. The zero-order chi connectivity index (χ0) is 10.1. The Morgan fingerprint density at radius 1 is 1.46 bits per heavy atom. The van der Waals surface area contributed by atoms with Crippen LogP contribution >= 0.6 is 0 Å². The van der Waals surface area contributed by atoms with Gasteiger partial charge in [0, 0.05) is 6.08 Å². The number of carboxylic acids is 1. The Bertz CT molecular complexity index is 164. The first-order valence-corrected chi connectivity index (χ1v) is 4.74. The van der Waals surface area contributed by atoms with E-state index in [1.54, 1.807) is 0 Å². The average molecular weight is 186 g/mol. The molecule has 0 amide bonds. The molecule has 0 aliphatic heterocycles. The first-order chi connectivity index (χ1) is 6.16. The van der Waals surface area contributed by atoms with E-state index >= 15 is 0 Å². The minimum absolute atomic E-state index is 0.387. The smallest absolute Gasteiger partial charge is 0.327 e. The number of aliphatic hydroxyl groups excluding tert-OH is 1. The minimum atomic E-state index is -0.958. The van der Waals surface area contributed by atoms with Crippen LogP contribution < -0.4 is 0 Å². The summed E-state index contributed by atoms with van der Waals surface area (Å²) in [6.45, 7) is 2.11. The first-order valence-electron chi connectivity index (χ1n) is 4.74. The van der Waals surface area contributed by atoms with Crippen LogP contribution in [0.25, 0.3) is 0 Å². The van der Waals surface area contributed by atoms with Crippen LogP contribution in [-0.2, 0) is 4.79 Å². The third-order valence-corrected chi connectivity index (χ3v) is 1.81. The lowest BCUT2D eigenvalue weighted by atomic mass is 10.1. The molecule has 1 atom stereocenters. The molecule has 0 saturated heterocycles. The van der Waals surface area contributed by atoms with E-state index < -0.39 is 5.97 Å². The molecule has 1 unspecified atom stereocenters. The van der Waals surface area contributed by atoms with Gasteiger partial charge in [0.1, 0.15) is 0 Å². The number of unbranched alkanes of at least 4 members (excludes halogenated alkanes) is 2. The molecule has 0 aromatic heterocycles. The van der Waals surface area contributed by atoms with Gasteiger partial charge in [-0.3, -0.25) is 0 Å². The fourth-order valence-electron chi connectivity index (χ4n) is 1.07. The van der Waals surface area contributed by atoms with E-state index in [0.29, 0.717) is 6.42 Å². The second-order valence-corrected chi connectivity index (χ2v) is 3.13. The summed E-state index contributed by atoms with van der Waals surface area (Å²) in [6, 6.07) is 0. The molecule has 0 bridgehead atoms. The van der Waals surface area contributed by atoms with Crippen LogP contribution in [0.5, 0.6) is 0 Å². The van der Waals surface area contributed by atoms with E-state index in [0.717, 1.165) is 31.8 Å². The molecule has 0 spiro atoms. The fourth-order valence-corrected chi connectivity index (χ4v) is 1.07. The summed E-state index contributed by atoms with van der Waals surface area (Å²) < 4.78 is 0. The number of aliphatic hydroxyl groups is 1. The minimum Gasteiger partial charge on any atom is -0.478 e. The molecule has 0 radical (unpaired) electrons. The summed E-state index contributed by atoms with van der Waals surface area (Å²) in [5, 5.41) is 17.6. The first kappa shape index (κ1) is 12.2. The molecule has 0 aromatic carbocycles. The molecule has 3 heteroatoms. The van der Waals surface area contributed by atoms with Crippen molar-refractivity contribution in [3.63, 3.8) is 0 Å². The topological polar surface area (TPSA) is 57.5 Å². The van der Waals surface area contributed by atoms with E-state index in [9.17, 15) is 9.90 Å². The second-order valence-electron chi connectivity index (χ2n) is 3.13. The molecule has 0 aromatic rings. The van der Waals surface area contributed by atoms with Gasteiger partial charge in [-0.15, -0.1) is 0 Å². The highest BCUT2D eigenvalue weighted by atomic mass is 16.4. The maximum Gasteiger partial charge on any atom is 0.327 e. The number of hydrogen-bond donors (Lipinski definition) is 2. The van der Waals surface area contributed by atoms with Crippen LogP contribution in [0.4, 0.5) is 0 Å². The van der Waals surface area contributed by atoms with Gasteiger partial charge in [0.2, 0.25) is 0 Å². The van der Waals surface area contributed by atoms with Gasteiger partial charge in [-0.2, -0.15) is 0 Å². The number of rotatable bonds is 7. The summed E-state index contributed by atoms with van der Waals surface area (Å²) in [7, 11) is 0. The maximum atomic E-state index is 10.1. The van der Waals surface area contributed by atoms with Crippen molar-refractivity contribution in [2.75, 3.05) is 0 Å². The lowest BCUT2D eigenvalue weighted by Gasteiger charge is -2.05. The maximum absolute atomic E-state index is 10.1. The summed E-state index contributed by atoms with van der Waals surface area (Å²) in [5.74, 6) is -0.958. The Morgan fingerprint density at radius 2 is 2.15 bits per heavy atom. The predicted octanol–water partition coefficient (Wildman–Crippen LogP) is 1.96. The average Bonchev–Trinajstić information content (AvgIpc) is 2.04. The molecule has 0 saturated carbocycles. The SMILES string of the molecule is CCCCCC(O)CC=CC(=O)O. The molecule has 0 rings (SSSR count). The highest BCUT2D eigenvalue weighted by Gasteiger charge is 2.00. The molecule has 3 nitrogen and oxygen atoms in total. The normalized spacial score (nSPS) is 13.4. The van der Waals surface area contributed by atoms with Crippen LogP contribution in [-0.4, -0.2) is 22.3 Å². The van der Waals surface area contributed by atoms with Crippen molar-refractivity contribution >= 4 is 5.97 Å². The van der Waals surface area contributed by atoms with Crippen LogP contribution in [0, 0.1) is 0 Å². The number of hydrogen-bond acceptors (Lipinski definition) is 2. The molecule has 0 heterocycles. The van der Waals surface area contributed by atoms with Gasteiger partial charge in [-0.05, 0) is 12.8 Å². The molecular formula is C10H18O3. The Balaban J connectivity index is 3.39. The van der Waals surface area contributed by atoms with E-state index in [1.165, 1.54) is 6.08 Å². The lowest BCUT2D eigenvalue weighted by molar-refractivity contribution is -0.131. The second kappa shape index (κ2) is 7.80. The predicted molar refractivity (Wildman–Crippen MR) is 51.5 cm³/mol. The Hall–Kier alpha value is -0.830. The Kier molecular flexibility index (Phi) is 7.30. The van der Waals surface area contributed by atoms with Crippen molar-refractivity contribution in [3.8, 4) is 0 Å². The molecule has 13 heavy (non-hydrogen) atoms. The van der Waals surface area contributed by atoms with E-state index in [2.05, 4.69) is 6.92 Å².